The molecule has 1 unspecified atom stereocenters. The third kappa shape index (κ3) is 8.31. The van der Waals surface area contributed by atoms with Crippen LogP contribution >= 0.6 is 0 Å². The molecule has 0 aliphatic carbocycles. The molecule has 0 amide bonds. The zero-order chi connectivity index (χ0) is 14.2. The van der Waals surface area contributed by atoms with E-state index in [9.17, 15) is 13.2 Å². The fraction of sp³-hybridized carbons (Fsp3) is 0.917. The van der Waals surface area contributed by atoms with Crippen molar-refractivity contribution in [2.75, 3.05) is 19.6 Å². The summed E-state index contributed by atoms with van der Waals surface area (Å²) in [5.74, 6) is 0. The molecule has 0 aromatic rings. The first-order valence-corrected chi connectivity index (χ1v) is 6.24. The zero-order valence-electron chi connectivity index (χ0n) is 11.2. The molecule has 18 heavy (non-hydrogen) atoms. The maximum atomic E-state index is 12.4. The summed E-state index contributed by atoms with van der Waals surface area (Å²) in [6.07, 6.45) is -2.89. The average molecular weight is 265 g/mol. The van der Waals surface area contributed by atoms with Gasteiger partial charge >= 0.3 is 6.18 Å². The van der Waals surface area contributed by atoms with Crippen LogP contribution in [0.3, 0.4) is 0 Å². The quantitative estimate of drug-likeness (QED) is 0.733. The zero-order valence-corrected chi connectivity index (χ0v) is 11.2. The van der Waals surface area contributed by atoms with Crippen LogP contribution in [0.2, 0.25) is 0 Å². The van der Waals surface area contributed by atoms with Crippen LogP contribution in [0, 0.1) is 11.3 Å². The van der Waals surface area contributed by atoms with Crippen molar-refractivity contribution in [2.24, 2.45) is 0 Å². The molecule has 0 radical (unpaired) electrons. The number of nitriles is 1. The van der Waals surface area contributed by atoms with Crippen LogP contribution in [-0.2, 0) is 0 Å². The Labute approximate surface area is 107 Å². The first-order valence-electron chi connectivity index (χ1n) is 6.24. The van der Waals surface area contributed by atoms with Gasteiger partial charge in [0.15, 0.2) is 0 Å². The summed E-state index contributed by atoms with van der Waals surface area (Å²) in [7, 11) is 0. The van der Waals surface area contributed by atoms with E-state index in [2.05, 4.69) is 11.4 Å². The minimum absolute atomic E-state index is 0.183. The summed E-state index contributed by atoms with van der Waals surface area (Å²) in [6.45, 7) is 5.49. The lowest BCUT2D eigenvalue weighted by molar-refractivity contribution is -0.149. The van der Waals surface area contributed by atoms with Gasteiger partial charge in [0.2, 0.25) is 0 Å². The lowest BCUT2D eigenvalue weighted by atomic mass is 10.2. The fourth-order valence-electron chi connectivity index (χ4n) is 1.58. The Balaban J connectivity index is 4.21. The molecule has 1 atom stereocenters. The average Bonchev–Trinajstić information content (AvgIpc) is 2.25. The topological polar surface area (TPSA) is 39.1 Å². The molecule has 106 valence electrons. The van der Waals surface area contributed by atoms with E-state index in [1.165, 1.54) is 4.90 Å². The summed E-state index contributed by atoms with van der Waals surface area (Å²) < 4.78 is 37.1. The molecule has 0 aliphatic heterocycles. The van der Waals surface area contributed by atoms with Crippen molar-refractivity contribution < 1.29 is 13.2 Å². The number of nitrogens with zero attached hydrogens (tertiary/aromatic N) is 2. The smallest absolute Gasteiger partial charge is 0.302 e. The molecular weight excluding hydrogens is 243 g/mol. The second kappa shape index (κ2) is 8.33. The van der Waals surface area contributed by atoms with Crippen molar-refractivity contribution in [2.45, 2.75) is 51.9 Å². The number of hydrogen-bond acceptors (Lipinski definition) is 3. The number of hydrogen-bond donors (Lipinski definition) is 1. The van der Waals surface area contributed by atoms with Gasteiger partial charge in [-0.05, 0) is 33.2 Å². The van der Waals surface area contributed by atoms with E-state index >= 15 is 0 Å². The fourth-order valence-corrected chi connectivity index (χ4v) is 1.58. The van der Waals surface area contributed by atoms with Gasteiger partial charge in [-0.2, -0.15) is 18.4 Å². The first kappa shape index (κ1) is 17.2. The van der Waals surface area contributed by atoms with Gasteiger partial charge < -0.3 is 5.32 Å². The normalized spacial score (nSPS) is 13.9. The van der Waals surface area contributed by atoms with Gasteiger partial charge in [-0.15, -0.1) is 0 Å². The Kier molecular flexibility index (Phi) is 7.96. The van der Waals surface area contributed by atoms with Crippen LogP contribution in [0.5, 0.6) is 0 Å². The van der Waals surface area contributed by atoms with Crippen molar-refractivity contribution in [3.05, 3.63) is 0 Å². The van der Waals surface area contributed by atoms with Crippen LogP contribution in [0.1, 0.15) is 33.6 Å². The number of nitrogens with one attached hydrogen (secondary N) is 1. The number of rotatable bonds is 8. The first-order chi connectivity index (χ1) is 8.30. The van der Waals surface area contributed by atoms with Gasteiger partial charge in [0.25, 0.3) is 0 Å². The summed E-state index contributed by atoms with van der Waals surface area (Å²) in [6, 6.07) is 1.52. The SMILES string of the molecule is CCCNC(C#N)CCN(CC(F)(F)F)C(C)C. The molecule has 0 bridgehead atoms. The van der Waals surface area contributed by atoms with E-state index in [-0.39, 0.29) is 18.6 Å². The molecule has 0 aliphatic rings. The molecule has 6 heteroatoms. The van der Waals surface area contributed by atoms with Crippen molar-refractivity contribution in [3.63, 3.8) is 0 Å². The summed E-state index contributed by atoms with van der Waals surface area (Å²) in [4.78, 5) is 1.35. The molecule has 0 saturated carbocycles. The summed E-state index contributed by atoms with van der Waals surface area (Å²) in [5, 5.41) is 11.9. The maximum Gasteiger partial charge on any atom is 0.401 e. The Morgan fingerprint density at radius 2 is 1.94 bits per heavy atom. The highest BCUT2D eigenvalue weighted by atomic mass is 19.4. The second-order valence-corrected chi connectivity index (χ2v) is 4.60. The van der Waals surface area contributed by atoms with Gasteiger partial charge in [0.1, 0.15) is 0 Å². The molecule has 0 aromatic carbocycles. The predicted molar refractivity (Wildman–Crippen MR) is 65.1 cm³/mol. The largest absolute Gasteiger partial charge is 0.401 e. The highest BCUT2D eigenvalue weighted by Gasteiger charge is 2.31. The van der Waals surface area contributed by atoms with E-state index < -0.39 is 12.7 Å². The van der Waals surface area contributed by atoms with E-state index in [1.807, 2.05) is 6.92 Å². The van der Waals surface area contributed by atoms with Gasteiger partial charge in [-0.1, -0.05) is 6.92 Å². The Bertz CT molecular complexity index is 258. The van der Waals surface area contributed by atoms with Crippen LogP contribution < -0.4 is 5.32 Å². The van der Waals surface area contributed by atoms with Crippen molar-refractivity contribution in [1.29, 1.82) is 5.26 Å². The molecule has 1 N–H and O–H groups in total. The van der Waals surface area contributed by atoms with E-state index in [0.29, 0.717) is 13.0 Å². The van der Waals surface area contributed by atoms with Gasteiger partial charge in [-0.25, -0.2) is 0 Å². The highest BCUT2D eigenvalue weighted by molar-refractivity contribution is 4.90. The second-order valence-electron chi connectivity index (χ2n) is 4.60. The standard InChI is InChI=1S/C12H22F3N3/c1-4-6-17-11(8-16)5-7-18(10(2)3)9-12(13,14)15/h10-11,17H,4-7,9H2,1-3H3. The van der Waals surface area contributed by atoms with E-state index in [0.717, 1.165) is 6.42 Å². The highest BCUT2D eigenvalue weighted by Crippen LogP contribution is 2.18. The van der Waals surface area contributed by atoms with Gasteiger partial charge in [0.05, 0.1) is 18.7 Å². The van der Waals surface area contributed by atoms with Gasteiger partial charge in [0, 0.05) is 12.6 Å². The monoisotopic (exact) mass is 265 g/mol. The third-order valence-electron chi connectivity index (χ3n) is 2.61. The molecule has 3 nitrogen and oxygen atoms in total. The van der Waals surface area contributed by atoms with Crippen molar-refractivity contribution in [1.82, 2.24) is 10.2 Å². The van der Waals surface area contributed by atoms with Crippen LogP contribution in [0.25, 0.3) is 0 Å². The lowest BCUT2D eigenvalue weighted by Gasteiger charge is -2.28. The molecule has 0 rings (SSSR count). The Morgan fingerprint density at radius 3 is 2.33 bits per heavy atom. The molecular formula is C12H22F3N3. The van der Waals surface area contributed by atoms with Crippen LogP contribution in [0.15, 0.2) is 0 Å². The Hall–Kier alpha value is -0.800. The summed E-state index contributed by atoms with van der Waals surface area (Å²) in [5.41, 5.74) is 0. The Morgan fingerprint density at radius 1 is 1.33 bits per heavy atom. The van der Waals surface area contributed by atoms with Gasteiger partial charge in [-0.3, -0.25) is 4.90 Å². The molecule has 0 heterocycles. The van der Waals surface area contributed by atoms with Crippen LogP contribution in [-0.4, -0.2) is 42.8 Å². The molecule has 0 fully saturated rings. The minimum Gasteiger partial charge on any atom is -0.302 e. The van der Waals surface area contributed by atoms with E-state index in [4.69, 9.17) is 5.26 Å². The number of alkyl halides is 3. The summed E-state index contributed by atoms with van der Waals surface area (Å²) >= 11 is 0. The maximum absolute atomic E-state index is 12.4. The van der Waals surface area contributed by atoms with E-state index in [1.54, 1.807) is 13.8 Å². The van der Waals surface area contributed by atoms with Crippen LogP contribution in [0.4, 0.5) is 13.2 Å². The molecule has 0 saturated heterocycles. The molecule has 0 aromatic heterocycles. The van der Waals surface area contributed by atoms with Crippen molar-refractivity contribution in [3.8, 4) is 6.07 Å². The van der Waals surface area contributed by atoms with Crippen molar-refractivity contribution >= 4 is 0 Å². The minimum atomic E-state index is -4.19. The molecule has 0 spiro atoms. The predicted octanol–water partition coefficient (Wildman–Crippen LogP) is 2.54. The number of halogens is 3. The lowest BCUT2D eigenvalue weighted by Crippen LogP contribution is -2.42. The third-order valence-corrected chi connectivity index (χ3v) is 2.61.